The van der Waals surface area contributed by atoms with Crippen LogP contribution in [0.25, 0.3) is 0 Å². The van der Waals surface area contributed by atoms with Gasteiger partial charge in [-0.25, -0.2) is 8.42 Å². The van der Waals surface area contributed by atoms with Gasteiger partial charge in [-0.2, -0.15) is 0 Å². The minimum Gasteiger partial charge on any atom is -0.305 e. The number of anilines is 1. The molecule has 0 saturated heterocycles. The Morgan fingerprint density at radius 3 is 2.43 bits per heavy atom. The summed E-state index contributed by atoms with van der Waals surface area (Å²) in [5.41, 5.74) is 1.64. The molecule has 5 nitrogen and oxygen atoms in total. The number of rotatable bonds is 5. The van der Waals surface area contributed by atoms with Crippen molar-refractivity contribution in [1.29, 1.82) is 0 Å². The van der Waals surface area contributed by atoms with Crippen LogP contribution < -0.4 is 4.72 Å². The van der Waals surface area contributed by atoms with E-state index in [-0.39, 0.29) is 4.90 Å². The number of hydrogen-bond acceptors (Lipinski definition) is 4. The highest BCUT2D eigenvalue weighted by atomic mass is 79.9. The predicted molar refractivity (Wildman–Crippen MR) is 86.6 cm³/mol. The smallest absolute Gasteiger partial charge is 0.263 e. The van der Waals surface area contributed by atoms with Crippen LogP contribution in [0.4, 0.5) is 5.69 Å². The fourth-order valence-corrected chi connectivity index (χ4v) is 3.36. The van der Waals surface area contributed by atoms with E-state index in [1.807, 2.05) is 31.1 Å². The SMILES string of the molecule is CN(C)Cc1ccc(NS(=O)(=O)c2cncc(Br)c2)cc1. The van der Waals surface area contributed by atoms with E-state index in [2.05, 4.69) is 25.6 Å². The van der Waals surface area contributed by atoms with Gasteiger partial charge in [0.1, 0.15) is 4.90 Å². The van der Waals surface area contributed by atoms with Crippen LogP contribution in [0.15, 0.2) is 52.1 Å². The normalized spacial score (nSPS) is 11.6. The molecule has 0 radical (unpaired) electrons. The lowest BCUT2D eigenvalue weighted by Gasteiger charge is -2.11. The first-order valence-electron chi connectivity index (χ1n) is 6.24. The molecule has 0 aliphatic heterocycles. The summed E-state index contributed by atoms with van der Waals surface area (Å²) in [6.07, 6.45) is 2.85. The summed E-state index contributed by atoms with van der Waals surface area (Å²) >= 11 is 3.21. The van der Waals surface area contributed by atoms with Gasteiger partial charge in [-0.3, -0.25) is 9.71 Å². The lowest BCUT2D eigenvalue weighted by molar-refractivity contribution is 0.402. The van der Waals surface area contributed by atoms with Gasteiger partial charge < -0.3 is 4.90 Å². The summed E-state index contributed by atoms with van der Waals surface area (Å²) in [7, 11) is 0.341. The van der Waals surface area contributed by atoms with E-state index in [0.29, 0.717) is 10.2 Å². The summed E-state index contributed by atoms with van der Waals surface area (Å²) in [6.45, 7) is 0.808. The first kappa shape index (κ1) is 15.9. The minimum atomic E-state index is -3.62. The van der Waals surface area contributed by atoms with Gasteiger partial charge in [0.2, 0.25) is 0 Å². The summed E-state index contributed by atoms with van der Waals surface area (Å²) < 4.78 is 27.6. The molecule has 1 N–H and O–H groups in total. The maximum atomic E-state index is 12.2. The summed E-state index contributed by atoms with van der Waals surface area (Å²) in [5, 5.41) is 0. The zero-order chi connectivity index (χ0) is 15.5. The molecule has 0 unspecified atom stereocenters. The van der Waals surface area contributed by atoms with Crippen LogP contribution >= 0.6 is 15.9 Å². The van der Waals surface area contributed by atoms with Crippen LogP contribution in [0.3, 0.4) is 0 Å². The molecule has 0 spiro atoms. The van der Waals surface area contributed by atoms with Crippen molar-refractivity contribution in [2.24, 2.45) is 0 Å². The van der Waals surface area contributed by atoms with Crippen LogP contribution in [0.5, 0.6) is 0 Å². The van der Waals surface area contributed by atoms with Crippen LogP contribution in [-0.2, 0) is 16.6 Å². The molecule has 1 heterocycles. The molecule has 0 aliphatic carbocycles. The molecule has 1 aromatic heterocycles. The van der Waals surface area contributed by atoms with Gasteiger partial charge in [0.05, 0.1) is 0 Å². The molecule has 0 atom stereocenters. The Kier molecular flexibility index (Phi) is 4.97. The molecule has 0 saturated carbocycles. The van der Waals surface area contributed by atoms with Gasteiger partial charge in [-0.05, 0) is 53.8 Å². The van der Waals surface area contributed by atoms with Gasteiger partial charge in [0.15, 0.2) is 0 Å². The van der Waals surface area contributed by atoms with Crippen molar-refractivity contribution in [2.45, 2.75) is 11.4 Å². The Hall–Kier alpha value is -1.44. The third-order valence-electron chi connectivity index (χ3n) is 2.70. The molecule has 2 aromatic rings. The summed E-state index contributed by atoms with van der Waals surface area (Å²) in [4.78, 5) is 6.03. The third-order valence-corrected chi connectivity index (χ3v) is 4.48. The topological polar surface area (TPSA) is 62.3 Å². The number of nitrogens with one attached hydrogen (secondary N) is 1. The summed E-state index contributed by atoms with van der Waals surface area (Å²) in [6, 6.07) is 8.81. The van der Waals surface area contributed by atoms with Crippen molar-refractivity contribution < 1.29 is 8.42 Å². The number of benzene rings is 1. The number of sulfonamides is 1. The molecule has 0 aliphatic rings. The van der Waals surface area contributed by atoms with Crippen molar-refractivity contribution in [3.05, 3.63) is 52.8 Å². The number of pyridine rings is 1. The number of halogens is 1. The van der Waals surface area contributed by atoms with Gasteiger partial charge in [-0.1, -0.05) is 12.1 Å². The fraction of sp³-hybridized carbons (Fsp3) is 0.214. The second-order valence-corrected chi connectivity index (χ2v) is 7.48. The average molecular weight is 370 g/mol. The number of aromatic nitrogens is 1. The second kappa shape index (κ2) is 6.55. The molecule has 0 amide bonds. The van der Waals surface area contributed by atoms with Gasteiger partial charge in [0.25, 0.3) is 10.0 Å². The first-order chi connectivity index (χ1) is 9.87. The highest BCUT2D eigenvalue weighted by Gasteiger charge is 2.14. The predicted octanol–water partition coefficient (Wildman–Crippen LogP) is 2.71. The molecule has 2 rings (SSSR count). The molecule has 112 valence electrons. The Bertz CT molecular complexity index is 715. The van der Waals surface area contributed by atoms with E-state index < -0.39 is 10.0 Å². The van der Waals surface area contributed by atoms with E-state index in [9.17, 15) is 8.42 Å². The Morgan fingerprint density at radius 2 is 1.86 bits per heavy atom. The lowest BCUT2D eigenvalue weighted by Crippen LogP contribution is -2.14. The second-order valence-electron chi connectivity index (χ2n) is 4.88. The average Bonchev–Trinajstić information content (AvgIpc) is 2.40. The Morgan fingerprint density at radius 1 is 1.19 bits per heavy atom. The maximum absolute atomic E-state index is 12.2. The van der Waals surface area contributed by atoms with Crippen LogP contribution in [0.2, 0.25) is 0 Å². The molecule has 0 fully saturated rings. The van der Waals surface area contributed by atoms with Crippen molar-refractivity contribution in [3.8, 4) is 0 Å². The van der Waals surface area contributed by atoms with E-state index in [4.69, 9.17) is 0 Å². The van der Waals surface area contributed by atoms with E-state index >= 15 is 0 Å². The van der Waals surface area contributed by atoms with Crippen LogP contribution in [0, 0.1) is 0 Å². The van der Waals surface area contributed by atoms with Crippen LogP contribution in [-0.4, -0.2) is 32.4 Å². The monoisotopic (exact) mass is 369 g/mol. The van der Waals surface area contributed by atoms with E-state index in [1.54, 1.807) is 12.1 Å². The lowest BCUT2D eigenvalue weighted by atomic mass is 10.2. The maximum Gasteiger partial charge on any atom is 0.263 e. The fourth-order valence-electron chi connectivity index (χ4n) is 1.80. The largest absolute Gasteiger partial charge is 0.305 e. The highest BCUT2D eigenvalue weighted by Crippen LogP contribution is 2.19. The van der Waals surface area contributed by atoms with Crippen molar-refractivity contribution >= 4 is 31.6 Å². The summed E-state index contributed by atoms with van der Waals surface area (Å²) in [5.74, 6) is 0. The zero-order valence-corrected chi connectivity index (χ0v) is 14.1. The Labute approximate surface area is 133 Å². The van der Waals surface area contributed by atoms with Crippen molar-refractivity contribution in [3.63, 3.8) is 0 Å². The van der Waals surface area contributed by atoms with E-state index in [1.165, 1.54) is 18.5 Å². The van der Waals surface area contributed by atoms with Gasteiger partial charge in [-0.15, -0.1) is 0 Å². The number of hydrogen-bond donors (Lipinski definition) is 1. The third kappa shape index (κ3) is 4.52. The van der Waals surface area contributed by atoms with Gasteiger partial charge >= 0.3 is 0 Å². The Balaban J connectivity index is 2.17. The highest BCUT2D eigenvalue weighted by molar-refractivity contribution is 9.10. The molecule has 7 heteroatoms. The van der Waals surface area contributed by atoms with Crippen LogP contribution in [0.1, 0.15) is 5.56 Å². The van der Waals surface area contributed by atoms with Crippen molar-refractivity contribution in [1.82, 2.24) is 9.88 Å². The van der Waals surface area contributed by atoms with E-state index in [0.717, 1.165) is 12.1 Å². The van der Waals surface area contributed by atoms with Gasteiger partial charge in [0, 0.05) is 29.1 Å². The molecule has 21 heavy (non-hydrogen) atoms. The first-order valence-corrected chi connectivity index (χ1v) is 8.51. The number of nitrogens with zero attached hydrogens (tertiary/aromatic N) is 2. The standard InChI is InChI=1S/C14H16BrN3O2S/c1-18(2)10-11-3-5-13(6-4-11)17-21(19,20)14-7-12(15)8-16-9-14/h3-9,17H,10H2,1-2H3. The minimum absolute atomic E-state index is 0.120. The molecular weight excluding hydrogens is 354 g/mol. The molecular formula is C14H16BrN3O2S. The molecule has 1 aromatic carbocycles. The molecule has 0 bridgehead atoms. The quantitative estimate of drug-likeness (QED) is 0.879. The van der Waals surface area contributed by atoms with Crippen molar-refractivity contribution in [2.75, 3.05) is 18.8 Å². The zero-order valence-electron chi connectivity index (χ0n) is 11.7.